The summed E-state index contributed by atoms with van der Waals surface area (Å²) in [6.07, 6.45) is -0.561. The zero-order valence-electron chi connectivity index (χ0n) is 18.9. The standard InChI is InChI=1S/C24H23F3N6OS/c1-14-11-20(35-31-14)32-12-16-4-5-17(13-32)21(16)28-23-29-22-19(3-2-10-33(22)30-23)15-6-8-18(9-7-15)34-24(25,26)27/h2-3,6-11,16-17,21H,4-5,12-13H2,1H3,(H,28,30)/t16-,17+,21?. The lowest BCUT2D eigenvalue weighted by molar-refractivity contribution is -0.274. The minimum atomic E-state index is -4.72. The predicted octanol–water partition coefficient (Wildman–Crippen LogP) is 5.39. The number of halogens is 3. The summed E-state index contributed by atoms with van der Waals surface area (Å²) < 4.78 is 47.6. The van der Waals surface area contributed by atoms with Gasteiger partial charge in [-0.05, 0) is 79.0 Å². The number of ether oxygens (including phenoxy) is 1. The summed E-state index contributed by atoms with van der Waals surface area (Å²) in [7, 11) is 0. The Bertz CT molecular complexity index is 1340. The van der Waals surface area contributed by atoms with Crippen LogP contribution in [0.5, 0.6) is 5.75 Å². The molecule has 35 heavy (non-hydrogen) atoms. The molecule has 1 saturated heterocycles. The molecule has 6 rings (SSSR count). The van der Waals surface area contributed by atoms with Gasteiger partial charge in [0.25, 0.3) is 0 Å². The van der Waals surface area contributed by atoms with Gasteiger partial charge in [0.15, 0.2) is 5.65 Å². The summed E-state index contributed by atoms with van der Waals surface area (Å²) >= 11 is 1.56. The first kappa shape index (κ1) is 22.1. The van der Waals surface area contributed by atoms with Gasteiger partial charge < -0.3 is 15.0 Å². The number of nitrogens with zero attached hydrogens (tertiary/aromatic N) is 5. The van der Waals surface area contributed by atoms with Crippen molar-refractivity contribution in [2.75, 3.05) is 23.3 Å². The lowest BCUT2D eigenvalue weighted by Gasteiger charge is -2.38. The van der Waals surface area contributed by atoms with Gasteiger partial charge in [-0.3, -0.25) is 0 Å². The molecular formula is C24H23F3N6OS. The van der Waals surface area contributed by atoms with Crippen molar-refractivity contribution in [2.45, 2.75) is 32.2 Å². The van der Waals surface area contributed by atoms with E-state index in [-0.39, 0.29) is 5.75 Å². The van der Waals surface area contributed by atoms with Crippen LogP contribution < -0.4 is 15.0 Å². The molecule has 1 saturated carbocycles. The molecule has 1 aliphatic heterocycles. The van der Waals surface area contributed by atoms with Crippen LogP contribution in [0.15, 0.2) is 48.7 Å². The number of hydrogen-bond donors (Lipinski definition) is 1. The number of fused-ring (bicyclic) bond motifs is 3. The van der Waals surface area contributed by atoms with E-state index in [0.29, 0.717) is 29.5 Å². The zero-order chi connectivity index (χ0) is 24.2. The number of aromatic nitrogens is 4. The molecule has 0 radical (unpaired) electrons. The third-order valence-electron chi connectivity index (χ3n) is 6.82. The molecule has 0 spiro atoms. The first-order valence-corrected chi connectivity index (χ1v) is 12.3. The average Bonchev–Trinajstić information content (AvgIpc) is 3.48. The quantitative estimate of drug-likeness (QED) is 0.397. The molecule has 182 valence electrons. The Morgan fingerprint density at radius 1 is 1.09 bits per heavy atom. The SMILES string of the molecule is Cc1cc(N2C[C@H]3CC[C@@H](C2)C3Nc2nc3c(-c4ccc(OC(F)(F)F)cc4)cccn3n2)sn1. The Hall–Kier alpha value is -3.34. The van der Waals surface area contributed by atoms with Crippen LogP contribution in [0.4, 0.5) is 24.1 Å². The number of nitrogens with one attached hydrogen (secondary N) is 1. The van der Waals surface area contributed by atoms with Crippen molar-refractivity contribution >= 4 is 28.1 Å². The maximum absolute atomic E-state index is 12.5. The number of alkyl halides is 3. The second kappa shape index (κ2) is 8.40. The minimum absolute atomic E-state index is 0.257. The van der Waals surface area contributed by atoms with Crippen molar-refractivity contribution in [2.24, 2.45) is 11.8 Å². The van der Waals surface area contributed by atoms with Gasteiger partial charge in [0.1, 0.15) is 10.8 Å². The number of rotatable bonds is 5. The minimum Gasteiger partial charge on any atom is -0.406 e. The molecule has 0 amide bonds. The lowest BCUT2D eigenvalue weighted by Crippen LogP contribution is -2.48. The molecule has 1 aromatic carbocycles. The Balaban J connectivity index is 1.21. The van der Waals surface area contributed by atoms with Crippen molar-refractivity contribution in [3.05, 3.63) is 54.4 Å². The van der Waals surface area contributed by atoms with E-state index in [4.69, 9.17) is 4.98 Å². The molecule has 1 N–H and O–H groups in total. The van der Waals surface area contributed by atoms with E-state index >= 15 is 0 Å². The van der Waals surface area contributed by atoms with Gasteiger partial charge in [-0.15, -0.1) is 18.3 Å². The second-order valence-corrected chi connectivity index (χ2v) is 9.96. The maximum Gasteiger partial charge on any atom is 0.573 e. The Kier molecular flexibility index (Phi) is 5.32. The van der Waals surface area contributed by atoms with E-state index in [1.54, 1.807) is 28.2 Å². The third-order valence-corrected chi connectivity index (χ3v) is 7.76. The summed E-state index contributed by atoms with van der Waals surface area (Å²) in [5.41, 5.74) is 3.22. The molecule has 11 heteroatoms. The molecule has 1 unspecified atom stereocenters. The number of benzene rings is 1. The lowest BCUT2D eigenvalue weighted by atomic mass is 9.92. The van der Waals surface area contributed by atoms with Crippen molar-refractivity contribution in [3.63, 3.8) is 0 Å². The van der Waals surface area contributed by atoms with Crippen molar-refractivity contribution < 1.29 is 17.9 Å². The number of pyridine rings is 1. The van der Waals surface area contributed by atoms with Crippen LogP contribution in [0.3, 0.4) is 0 Å². The molecule has 3 atom stereocenters. The van der Waals surface area contributed by atoms with Gasteiger partial charge in [0.2, 0.25) is 5.95 Å². The Labute approximate surface area is 203 Å². The molecule has 7 nitrogen and oxygen atoms in total. The first-order valence-electron chi connectivity index (χ1n) is 11.5. The van der Waals surface area contributed by atoms with E-state index in [1.165, 1.54) is 30.0 Å². The van der Waals surface area contributed by atoms with Crippen LogP contribution in [-0.4, -0.2) is 44.5 Å². The fourth-order valence-corrected chi connectivity index (χ4v) is 6.09. The van der Waals surface area contributed by atoms with Crippen LogP contribution in [0.2, 0.25) is 0 Å². The fourth-order valence-electron chi connectivity index (χ4n) is 5.32. The van der Waals surface area contributed by atoms with Gasteiger partial charge in [-0.25, -0.2) is 4.52 Å². The molecule has 1 aliphatic carbocycles. The summed E-state index contributed by atoms with van der Waals surface area (Å²) in [6.45, 7) is 4.00. The smallest absolute Gasteiger partial charge is 0.406 e. The molecule has 2 bridgehead atoms. The molecule has 4 aromatic rings. The van der Waals surface area contributed by atoms with E-state index in [9.17, 15) is 13.2 Å². The highest BCUT2D eigenvalue weighted by Gasteiger charge is 2.43. The van der Waals surface area contributed by atoms with Gasteiger partial charge >= 0.3 is 6.36 Å². The number of piperidine rings is 1. The van der Waals surface area contributed by atoms with Gasteiger partial charge in [0.05, 0.1) is 5.69 Å². The Morgan fingerprint density at radius 2 is 1.83 bits per heavy atom. The highest BCUT2D eigenvalue weighted by molar-refractivity contribution is 7.10. The number of hydrogen-bond acceptors (Lipinski definition) is 7. The molecule has 2 fully saturated rings. The van der Waals surface area contributed by atoms with Crippen molar-refractivity contribution in [1.82, 2.24) is 19.0 Å². The normalized spacial score (nSPS) is 22.1. The maximum atomic E-state index is 12.5. The monoisotopic (exact) mass is 500 g/mol. The summed E-state index contributed by atoms with van der Waals surface area (Å²) in [5, 5.41) is 9.47. The Morgan fingerprint density at radius 3 is 2.49 bits per heavy atom. The van der Waals surface area contributed by atoms with Crippen LogP contribution in [0.25, 0.3) is 16.8 Å². The van der Waals surface area contributed by atoms with Crippen molar-refractivity contribution in [1.29, 1.82) is 0 Å². The summed E-state index contributed by atoms with van der Waals surface area (Å²) in [6, 6.07) is 12.0. The average molecular weight is 501 g/mol. The predicted molar refractivity (Wildman–Crippen MR) is 128 cm³/mol. The number of aryl methyl sites for hydroxylation is 1. The van der Waals surface area contributed by atoms with Crippen LogP contribution in [0.1, 0.15) is 18.5 Å². The van der Waals surface area contributed by atoms with Gasteiger partial charge in [-0.2, -0.15) is 9.36 Å². The fraction of sp³-hybridized carbons (Fsp3) is 0.375. The molecular weight excluding hydrogens is 477 g/mol. The first-order chi connectivity index (χ1) is 16.8. The van der Waals surface area contributed by atoms with Crippen LogP contribution in [-0.2, 0) is 0 Å². The van der Waals surface area contributed by atoms with E-state index < -0.39 is 6.36 Å². The van der Waals surface area contributed by atoms with Crippen LogP contribution in [0, 0.1) is 18.8 Å². The summed E-state index contributed by atoms with van der Waals surface area (Å²) in [4.78, 5) is 7.20. The zero-order valence-corrected chi connectivity index (χ0v) is 19.7. The van der Waals surface area contributed by atoms with Crippen molar-refractivity contribution in [3.8, 4) is 16.9 Å². The van der Waals surface area contributed by atoms with E-state index in [2.05, 4.69) is 30.5 Å². The topological polar surface area (TPSA) is 67.6 Å². The molecule has 3 aromatic heterocycles. The molecule has 2 aliphatic rings. The third kappa shape index (κ3) is 4.40. The van der Waals surface area contributed by atoms with Gasteiger partial charge in [0, 0.05) is 30.9 Å². The number of anilines is 2. The summed E-state index contributed by atoms with van der Waals surface area (Å²) in [5.74, 6) is 1.32. The van der Waals surface area contributed by atoms with Gasteiger partial charge in [-0.1, -0.05) is 12.1 Å². The van der Waals surface area contributed by atoms with E-state index in [0.717, 1.165) is 29.9 Å². The molecule has 4 heterocycles. The second-order valence-electron chi connectivity index (χ2n) is 9.18. The van der Waals surface area contributed by atoms with Crippen LogP contribution >= 0.6 is 11.5 Å². The highest BCUT2D eigenvalue weighted by Crippen LogP contribution is 2.41. The van der Waals surface area contributed by atoms with E-state index in [1.807, 2.05) is 25.3 Å². The highest BCUT2D eigenvalue weighted by atomic mass is 32.1. The largest absolute Gasteiger partial charge is 0.573 e.